The fourth-order valence-corrected chi connectivity index (χ4v) is 2.21. The van der Waals surface area contributed by atoms with Crippen molar-refractivity contribution in [1.82, 2.24) is 0 Å². The third-order valence-corrected chi connectivity index (χ3v) is 3.38. The van der Waals surface area contributed by atoms with Gasteiger partial charge in [0.1, 0.15) is 5.75 Å². The zero-order valence-electron chi connectivity index (χ0n) is 10.6. The molecule has 4 heteroatoms. The first-order valence-corrected chi connectivity index (χ1v) is 6.20. The highest BCUT2D eigenvalue weighted by Crippen LogP contribution is 2.36. The summed E-state index contributed by atoms with van der Waals surface area (Å²) in [6.45, 7) is 1.93. The van der Waals surface area contributed by atoms with Crippen molar-refractivity contribution in [3.05, 3.63) is 64.7 Å². The molecule has 2 rings (SSSR count). The van der Waals surface area contributed by atoms with E-state index in [1.807, 2.05) is 19.1 Å². The van der Waals surface area contributed by atoms with E-state index in [9.17, 15) is 8.78 Å². The lowest BCUT2D eigenvalue weighted by Gasteiger charge is -2.15. The Hall–Kier alpha value is -1.61. The molecule has 0 spiro atoms. The van der Waals surface area contributed by atoms with Crippen LogP contribution in [0.1, 0.15) is 22.1 Å². The van der Waals surface area contributed by atoms with Crippen LogP contribution in [0.15, 0.2) is 36.4 Å². The number of ether oxygens (including phenoxy) is 1. The van der Waals surface area contributed by atoms with Crippen molar-refractivity contribution in [1.29, 1.82) is 0 Å². The van der Waals surface area contributed by atoms with Gasteiger partial charge in [-0.05, 0) is 30.7 Å². The van der Waals surface area contributed by atoms with Gasteiger partial charge in [-0.2, -0.15) is 0 Å². The van der Waals surface area contributed by atoms with Crippen LogP contribution in [0.3, 0.4) is 0 Å². The van der Waals surface area contributed by atoms with Crippen molar-refractivity contribution in [2.24, 2.45) is 0 Å². The fourth-order valence-electron chi connectivity index (χ4n) is 1.90. The molecule has 100 valence electrons. The molecular formula is C15H13ClF2O. The number of methoxy groups -OCH3 is 1. The van der Waals surface area contributed by atoms with E-state index >= 15 is 0 Å². The van der Waals surface area contributed by atoms with Gasteiger partial charge < -0.3 is 4.74 Å². The monoisotopic (exact) mass is 282 g/mol. The molecule has 1 atom stereocenters. The summed E-state index contributed by atoms with van der Waals surface area (Å²) < 4.78 is 31.4. The second-order valence-corrected chi connectivity index (χ2v) is 4.72. The van der Waals surface area contributed by atoms with Crippen LogP contribution in [-0.2, 0) is 0 Å². The van der Waals surface area contributed by atoms with Crippen molar-refractivity contribution >= 4 is 11.6 Å². The number of benzene rings is 2. The highest BCUT2D eigenvalue weighted by molar-refractivity contribution is 6.22. The van der Waals surface area contributed by atoms with E-state index < -0.39 is 17.0 Å². The zero-order chi connectivity index (χ0) is 14.0. The van der Waals surface area contributed by atoms with Gasteiger partial charge in [0, 0.05) is 5.56 Å². The summed E-state index contributed by atoms with van der Waals surface area (Å²) in [5, 5.41) is -0.593. The second kappa shape index (κ2) is 5.57. The summed E-state index contributed by atoms with van der Waals surface area (Å²) in [4.78, 5) is 0. The van der Waals surface area contributed by atoms with Crippen LogP contribution in [0, 0.1) is 18.6 Å². The zero-order valence-corrected chi connectivity index (χ0v) is 11.3. The molecule has 0 aromatic heterocycles. The first kappa shape index (κ1) is 13.8. The molecule has 1 unspecified atom stereocenters. The molecule has 0 radical (unpaired) electrons. The molecule has 2 aromatic rings. The Morgan fingerprint density at radius 1 is 1.05 bits per heavy atom. The molecule has 0 N–H and O–H groups in total. The van der Waals surface area contributed by atoms with Crippen molar-refractivity contribution in [2.75, 3.05) is 7.11 Å². The Bertz CT molecular complexity index is 599. The lowest BCUT2D eigenvalue weighted by molar-refractivity contribution is 0.410. The molecule has 0 amide bonds. The number of hydrogen-bond donors (Lipinski definition) is 0. The molecule has 19 heavy (non-hydrogen) atoms. The predicted molar refractivity (Wildman–Crippen MR) is 71.8 cm³/mol. The number of alkyl halides is 1. The summed E-state index contributed by atoms with van der Waals surface area (Å²) in [6.07, 6.45) is 0. The van der Waals surface area contributed by atoms with Crippen LogP contribution in [0.4, 0.5) is 8.78 Å². The molecule has 0 saturated heterocycles. The Kier molecular flexibility index (Phi) is 4.05. The predicted octanol–water partition coefficient (Wildman–Crippen LogP) is 4.61. The Balaban J connectivity index is 2.45. The lowest BCUT2D eigenvalue weighted by atomic mass is 10.0. The quantitative estimate of drug-likeness (QED) is 0.747. The number of halogens is 3. The Labute approximate surface area is 115 Å². The maximum Gasteiger partial charge on any atom is 0.159 e. The highest BCUT2D eigenvalue weighted by atomic mass is 35.5. The standard InChI is InChI=1S/C15H13ClF2O/c1-9-3-6-14(19-2)11(7-9)15(16)10-4-5-12(17)13(18)8-10/h3-8,15H,1-2H3. The molecule has 0 saturated carbocycles. The van der Waals surface area contributed by atoms with Crippen LogP contribution >= 0.6 is 11.6 Å². The number of aryl methyl sites for hydroxylation is 1. The van der Waals surface area contributed by atoms with Crippen LogP contribution in [0.25, 0.3) is 0 Å². The van der Waals surface area contributed by atoms with Crippen molar-refractivity contribution in [2.45, 2.75) is 12.3 Å². The molecule has 1 nitrogen and oxygen atoms in total. The van der Waals surface area contributed by atoms with Crippen molar-refractivity contribution in [3.8, 4) is 5.75 Å². The molecule has 0 aliphatic rings. The van der Waals surface area contributed by atoms with Gasteiger partial charge in [0.15, 0.2) is 11.6 Å². The molecule has 2 aromatic carbocycles. The fraction of sp³-hybridized carbons (Fsp3) is 0.200. The summed E-state index contributed by atoms with van der Waals surface area (Å²) in [5.41, 5.74) is 2.24. The minimum absolute atomic E-state index is 0.490. The summed E-state index contributed by atoms with van der Waals surface area (Å²) in [6, 6.07) is 9.23. The smallest absolute Gasteiger partial charge is 0.159 e. The Morgan fingerprint density at radius 2 is 1.79 bits per heavy atom. The second-order valence-electron chi connectivity index (χ2n) is 4.28. The molecular weight excluding hydrogens is 270 g/mol. The van der Waals surface area contributed by atoms with Crippen molar-refractivity contribution < 1.29 is 13.5 Å². The lowest BCUT2D eigenvalue weighted by Crippen LogP contribution is -1.99. The van der Waals surface area contributed by atoms with Gasteiger partial charge in [0.25, 0.3) is 0 Å². The van der Waals surface area contributed by atoms with E-state index in [4.69, 9.17) is 16.3 Å². The first-order chi connectivity index (χ1) is 9.02. The van der Waals surface area contributed by atoms with Gasteiger partial charge in [-0.3, -0.25) is 0 Å². The highest BCUT2D eigenvalue weighted by Gasteiger charge is 2.17. The Morgan fingerprint density at radius 3 is 2.42 bits per heavy atom. The largest absolute Gasteiger partial charge is 0.496 e. The van der Waals surface area contributed by atoms with Gasteiger partial charge in [-0.15, -0.1) is 11.6 Å². The van der Waals surface area contributed by atoms with Crippen LogP contribution in [0.2, 0.25) is 0 Å². The minimum Gasteiger partial charge on any atom is -0.496 e. The third-order valence-electron chi connectivity index (χ3n) is 2.89. The maximum absolute atomic E-state index is 13.3. The van der Waals surface area contributed by atoms with E-state index in [0.717, 1.165) is 23.3 Å². The average Bonchev–Trinajstić information content (AvgIpc) is 2.41. The van der Waals surface area contributed by atoms with Gasteiger partial charge in [-0.1, -0.05) is 23.8 Å². The molecule has 0 fully saturated rings. The minimum atomic E-state index is -0.908. The summed E-state index contributed by atoms with van der Waals surface area (Å²) in [7, 11) is 1.54. The average molecular weight is 283 g/mol. The van der Waals surface area contributed by atoms with Gasteiger partial charge in [-0.25, -0.2) is 8.78 Å². The van der Waals surface area contributed by atoms with E-state index in [1.54, 1.807) is 13.2 Å². The topological polar surface area (TPSA) is 9.23 Å². The van der Waals surface area contributed by atoms with E-state index in [2.05, 4.69) is 0 Å². The molecule has 0 aliphatic carbocycles. The summed E-state index contributed by atoms with van der Waals surface area (Å²) in [5.74, 6) is -1.17. The van der Waals surface area contributed by atoms with Gasteiger partial charge in [0.2, 0.25) is 0 Å². The van der Waals surface area contributed by atoms with Crippen LogP contribution in [0.5, 0.6) is 5.75 Å². The van der Waals surface area contributed by atoms with E-state index in [0.29, 0.717) is 11.3 Å². The van der Waals surface area contributed by atoms with E-state index in [1.165, 1.54) is 6.07 Å². The van der Waals surface area contributed by atoms with E-state index in [-0.39, 0.29) is 0 Å². The van der Waals surface area contributed by atoms with Crippen molar-refractivity contribution in [3.63, 3.8) is 0 Å². The van der Waals surface area contributed by atoms with Gasteiger partial charge in [0.05, 0.1) is 12.5 Å². The first-order valence-electron chi connectivity index (χ1n) is 5.76. The molecule has 0 aliphatic heterocycles. The molecule has 0 heterocycles. The van der Waals surface area contributed by atoms with Crippen LogP contribution in [-0.4, -0.2) is 7.11 Å². The maximum atomic E-state index is 13.3. The number of hydrogen-bond acceptors (Lipinski definition) is 1. The third kappa shape index (κ3) is 2.87. The molecule has 0 bridgehead atoms. The normalized spacial score (nSPS) is 12.3. The summed E-state index contributed by atoms with van der Waals surface area (Å²) >= 11 is 6.34. The van der Waals surface area contributed by atoms with Crippen LogP contribution < -0.4 is 4.74 Å². The number of rotatable bonds is 3. The van der Waals surface area contributed by atoms with Gasteiger partial charge >= 0.3 is 0 Å². The SMILES string of the molecule is COc1ccc(C)cc1C(Cl)c1ccc(F)c(F)c1.